The van der Waals surface area contributed by atoms with Crippen molar-refractivity contribution in [2.75, 3.05) is 19.6 Å². The highest BCUT2D eigenvalue weighted by molar-refractivity contribution is 5.48. The van der Waals surface area contributed by atoms with Crippen molar-refractivity contribution in [1.82, 2.24) is 15.2 Å². The molecule has 3 rings (SSSR count). The molecule has 1 saturated heterocycles. The molecule has 3 heterocycles. The van der Waals surface area contributed by atoms with Gasteiger partial charge in [-0.25, -0.2) is 0 Å². The van der Waals surface area contributed by atoms with Gasteiger partial charge in [-0.3, -0.25) is 4.98 Å². The van der Waals surface area contributed by atoms with Crippen LogP contribution in [0.2, 0.25) is 0 Å². The van der Waals surface area contributed by atoms with E-state index in [-0.39, 0.29) is 0 Å². The minimum atomic E-state index is 1.01. The number of fused-ring (bicyclic) bond motifs is 2. The van der Waals surface area contributed by atoms with Crippen molar-refractivity contribution < 1.29 is 0 Å². The van der Waals surface area contributed by atoms with Gasteiger partial charge in [-0.15, -0.1) is 0 Å². The summed E-state index contributed by atoms with van der Waals surface area (Å²) in [5.74, 6) is 1.21. The van der Waals surface area contributed by atoms with Crippen molar-refractivity contribution in [2.24, 2.45) is 0 Å². The molecule has 3 heteroatoms. The molecule has 3 nitrogen and oxygen atoms in total. The lowest BCUT2D eigenvalue weighted by Gasteiger charge is -2.19. The van der Waals surface area contributed by atoms with Crippen molar-refractivity contribution >= 4 is 11.9 Å². The van der Waals surface area contributed by atoms with Crippen LogP contribution in [0.3, 0.4) is 0 Å². The van der Waals surface area contributed by atoms with Crippen LogP contribution in [0.1, 0.15) is 0 Å². The van der Waals surface area contributed by atoms with Crippen LogP contribution in [-0.2, 0) is 0 Å². The van der Waals surface area contributed by atoms with Crippen LogP contribution in [0.25, 0.3) is 11.9 Å². The molecule has 1 aromatic rings. The van der Waals surface area contributed by atoms with Crippen LogP contribution >= 0.6 is 0 Å². The predicted molar refractivity (Wildman–Crippen MR) is 50.9 cm³/mol. The highest BCUT2D eigenvalue weighted by Crippen LogP contribution is 2.06. The Kier molecular flexibility index (Phi) is 1.33. The van der Waals surface area contributed by atoms with Gasteiger partial charge in [0.05, 0.1) is 0 Å². The minimum absolute atomic E-state index is 1.01. The Morgan fingerprint density at radius 2 is 2.46 bits per heavy atom. The standard InChI is InChI=1S/C10H11N3/c1-2-8-3-6-13-7-5-12-10(13)9(8)11-4-1/h1-4,12H,5-7H2. The molecule has 0 bridgehead atoms. The van der Waals surface area contributed by atoms with Gasteiger partial charge in [0.25, 0.3) is 0 Å². The summed E-state index contributed by atoms with van der Waals surface area (Å²) < 4.78 is 0. The van der Waals surface area contributed by atoms with Crippen molar-refractivity contribution in [3.8, 4) is 0 Å². The summed E-state index contributed by atoms with van der Waals surface area (Å²) in [7, 11) is 0. The molecule has 66 valence electrons. The number of nitrogens with one attached hydrogen (secondary N) is 1. The van der Waals surface area contributed by atoms with Crippen LogP contribution in [-0.4, -0.2) is 29.5 Å². The van der Waals surface area contributed by atoms with Gasteiger partial charge >= 0.3 is 0 Å². The Morgan fingerprint density at radius 3 is 3.46 bits per heavy atom. The lowest BCUT2D eigenvalue weighted by molar-refractivity contribution is 0.493. The summed E-state index contributed by atoms with van der Waals surface area (Å²) >= 11 is 0. The van der Waals surface area contributed by atoms with E-state index in [0.29, 0.717) is 0 Å². The monoisotopic (exact) mass is 173 g/mol. The van der Waals surface area contributed by atoms with E-state index in [1.54, 1.807) is 0 Å². The van der Waals surface area contributed by atoms with Crippen molar-refractivity contribution in [1.29, 1.82) is 0 Å². The Morgan fingerprint density at radius 1 is 1.46 bits per heavy atom. The van der Waals surface area contributed by atoms with Crippen LogP contribution in [0, 0.1) is 0 Å². The third kappa shape index (κ3) is 0.932. The molecular formula is C10H11N3. The van der Waals surface area contributed by atoms with Gasteiger partial charge in [-0.1, -0.05) is 12.1 Å². The molecule has 1 fully saturated rings. The summed E-state index contributed by atoms with van der Waals surface area (Å²) in [6, 6.07) is 4.10. The number of hydrogen-bond donors (Lipinski definition) is 1. The molecule has 0 amide bonds. The summed E-state index contributed by atoms with van der Waals surface area (Å²) in [4.78, 5) is 6.72. The number of rotatable bonds is 0. The molecule has 2 aliphatic rings. The van der Waals surface area contributed by atoms with Crippen molar-refractivity contribution in [3.63, 3.8) is 0 Å². The Bertz CT molecular complexity index is 449. The quantitative estimate of drug-likeness (QED) is 0.537. The van der Waals surface area contributed by atoms with E-state index < -0.39 is 0 Å². The molecule has 0 spiro atoms. The first-order valence-electron chi connectivity index (χ1n) is 4.59. The maximum atomic E-state index is 4.39. The van der Waals surface area contributed by atoms with Gasteiger partial charge in [0.1, 0.15) is 11.2 Å². The van der Waals surface area contributed by atoms with Crippen LogP contribution in [0.4, 0.5) is 0 Å². The lowest BCUT2D eigenvalue weighted by atomic mass is 10.2. The first-order chi connectivity index (χ1) is 6.45. The zero-order valence-corrected chi connectivity index (χ0v) is 7.33. The molecule has 2 aliphatic heterocycles. The Balaban J connectivity index is 2.38. The van der Waals surface area contributed by atoms with Crippen LogP contribution in [0.5, 0.6) is 0 Å². The minimum Gasteiger partial charge on any atom is -0.368 e. The third-order valence-corrected chi connectivity index (χ3v) is 2.59. The van der Waals surface area contributed by atoms with Gasteiger partial charge < -0.3 is 10.2 Å². The highest BCUT2D eigenvalue weighted by atomic mass is 15.3. The number of pyridine rings is 1. The fourth-order valence-corrected chi connectivity index (χ4v) is 1.94. The zero-order chi connectivity index (χ0) is 8.67. The van der Waals surface area contributed by atoms with Gasteiger partial charge in [0, 0.05) is 31.0 Å². The molecular weight excluding hydrogens is 162 g/mol. The van der Waals surface area contributed by atoms with E-state index >= 15 is 0 Å². The van der Waals surface area contributed by atoms with E-state index in [1.807, 2.05) is 12.3 Å². The molecule has 0 atom stereocenters. The maximum Gasteiger partial charge on any atom is 0.129 e. The summed E-state index contributed by atoms with van der Waals surface area (Å²) in [6.07, 6.45) is 4.09. The summed E-state index contributed by atoms with van der Waals surface area (Å²) in [5, 5.41) is 5.73. The van der Waals surface area contributed by atoms with E-state index in [1.165, 1.54) is 11.0 Å². The maximum absolute atomic E-state index is 4.39. The molecule has 0 aliphatic carbocycles. The number of hydrogen-bond acceptors (Lipinski definition) is 3. The predicted octanol–water partition coefficient (Wildman–Crippen LogP) is -1.15. The second kappa shape index (κ2) is 2.49. The van der Waals surface area contributed by atoms with Crippen LogP contribution < -0.4 is 15.9 Å². The molecule has 13 heavy (non-hydrogen) atoms. The van der Waals surface area contributed by atoms with Gasteiger partial charge in [0.15, 0.2) is 0 Å². The van der Waals surface area contributed by atoms with E-state index in [9.17, 15) is 0 Å². The summed E-state index contributed by atoms with van der Waals surface area (Å²) in [6.45, 7) is 3.15. The second-order valence-electron chi connectivity index (χ2n) is 3.37. The van der Waals surface area contributed by atoms with E-state index in [4.69, 9.17) is 0 Å². The average Bonchev–Trinajstić information content (AvgIpc) is 2.65. The molecule has 0 saturated carbocycles. The fraction of sp³-hybridized carbons (Fsp3) is 0.300. The SMILES string of the molecule is C1=c2cccnc2=C2NCCN2C1. The van der Waals surface area contributed by atoms with Gasteiger partial charge in [0.2, 0.25) is 0 Å². The van der Waals surface area contributed by atoms with Crippen LogP contribution in [0.15, 0.2) is 18.3 Å². The third-order valence-electron chi connectivity index (χ3n) is 2.59. The molecule has 1 aromatic heterocycles. The number of nitrogens with zero attached hydrogens (tertiary/aromatic N) is 2. The van der Waals surface area contributed by atoms with Crippen molar-refractivity contribution in [3.05, 3.63) is 28.9 Å². The first-order valence-corrected chi connectivity index (χ1v) is 4.59. The molecule has 0 radical (unpaired) electrons. The normalized spacial score (nSPS) is 18.8. The topological polar surface area (TPSA) is 28.2 Å². The largest absolute Gasteiger partial charge is 0.368 e. The van der Waals surface area contributed by atoms with E-state index in [0.717, 1.165) is 25.0 Å². The highest BCUT2D eigenvalue weighted by Gasteiger charge is 2.18. The number of aromatic nitrogens is 1. The van der Waals surface area contributed by atoms with E-state index in [2.05, 4.69) is 27.3 Å². The lowest BCUT2D eigenvalue weighted by Crippen LogP contribution is -2.41. The summed E-state index contributed by atoms with van der Waals surface area (Å²) in [5.41, 5.74) is 0. The zero-order valence-electron chi connectivity index (χ0n) is 7.33. The van der Waals surface area contributed by atoms with Crippen molar-refractivity contribution in [2.45, 2.75) is 0 Å². The Hall–Kier alpha value is -1.51. The van der Waals surface area contributed by atoms with Gasteiger partial charge in [-0.05, 0) is 6.07 Å². The second-order valence-corrected chi connectivity index (χ2v) is 3.37. The molecule has 1 N–H and O–H groups in total. The average molecular weight is 173 g/mol. The molecule has 0 unspecified atom stereocenters. The fourth-order valence-electron chi connectivity index (χ4n) is 1.94. The van der Waals surface area contributed by atoms with Gasteiger partial charge in [-0.2, -0.15) is 0 Å². The Labute approximate surface area is 76.4 Å². The molecule has 0 aromatic carbocycles. The smallest absolute Gasteiger partial charge is 0.129 e. The first kappa shape index (κ1) is 6.95.